The van der Waals surface area contributed by atoms with Gasteiger partial charge in [-0.2, -0.15) is 0 Å². The van der Waals surface area contributed by atoms with Gasteiger partial charge in [0, 0.05) is 31.5 Å². The predicted octanol–water partition coefficient (Wildman–Crippen LogP) is 2.66. The van der Waals surface area contributed by atoms with Crippen LogP contribution in [-0.4, -0.2) is 33.2 Å². The molecule has 138 valence electrons. The number of sulfonamides is 1. The van der Waals surface area contributed by atoms with Crippen LogP contribution in [0.3, 0.4) is 0 Å². The van der Waals surface area contributed by atoms with Crippen molar-refractivity contribution in [1.29, 1.82) is 0 Å². The Morgan fingerprint density at radius 1 is 1.16 bits per heavy atom. The second-order valence-electron chi connectivity index (χ2n) is 6.20. The van der Waals surface area contributed by atoms with E-state index in [9.17, 15) is 18.0 Å². The van der Waals surface area contributed by atoms with E-state index in [-0.39, 0.29) is 46.1 Å². The Hall–Kier alpha value is -1.44. The second kappa shape index (κ2) is 8.78. The molecule has 0 bridgehead atoms. The highest BCUT2D eigenvalue weighted by molar-refractivity contribution is 7.89. The maximum atomic E-state index is 12.6. The highest BCUT2D eigenvalue weighted by Gasteiger charge is 2.25. The third-order valence-electron chi connectivity index (χ3n) is 4.33. The minimum Gasteiger partial charge on any atom is -0.359 e. The highest BCUT2D eigenvalue weighted by atomic mass is 35.5. The van der Waals surface area contributed by atoms with Gasteiger partial charge in [0.1, 0.15) is 4.90 Å². The van der Waals surface area contributed by atoms with Gasteiger partial charge in [0.05, 0.1) is 5.02 Å². The number of amides is 1. The molecule has 1 saturated carbocycles. The Labute approximate surface area is 153 Å². The van der Waals surface area contributed by atoms with E-state index in [1.54, 1.807) is 0 Å². The molecule has 1 fully saturated rings. The third kappa shape index (κ3) is 5.52. The normalized spacial score (nSPS) is 15.8. The Morgan fingerprint density at radius 2 is 1.84 bits per heavy atom. The van der Waals surface area contributed by atoms with Crippen molar-refractivity contribution in [3.63, 3.8) is 0 Å². The molecule has 0 heterocycles. The summed E-state index contributed by atoms with van der Waals surface area (Å²) in [6.07, 6.45) is 4.80. The lowest BCUT2D eigenvalue weighted by Crippen LogP contribution is -2.36. The third-order valence-corrected chi connectivity index (χ3v) is 6.33. The lowest BCUT2D eigenvalue weighted by atomic mass is 9.96. The van der Waals surface area contributed by atoms with Crippen LogP contribution in [0.5, 0.6) is 0 Å². The highest BCUT2D eigenvalue weighted by Crippen LogP contribution is 2.26. The number of carbonyl (C=O) groups excluding carboxylic acids is 2. The van der Waals surface area contributed by atoms with E-state index in [4.69, 9.17) is 11.6 Å². The second-order valence-corrected chi connectivity index (χ2v) is 8.29. The van der Waals surface area contributed by atoms with Gasteiger partial charge in [0.15, 0.2) is 5.78 Å². The average Bonchev–Trinajstić information content (AvgIpc) is 2.60. The Morgan fingerprint density at radius 3 is 2.48 bits per heavy atom. The molecule has 2 rings (SSSR count). The number of ketones is 1. The van der Waals surface area contributed by atoms with Crippen LogP contribution >= 0.6 is 11.6 Å². The van der Waals surface area contributed by atoms with E-state index in [0.29, 0.717) is 0 Å². The van der Waals surface area contributed by atoms with Crippen molar-refractivity contribution in [2.45, 2.75) is 55.9 Å². The first-order valence-corrected chi connectivity index (χ1v) is 10.3. The summed E-state index contributed by atoms with van der Waals surface area (Å²) < 4.78 is 28.0. The monoisotopic (exact) mass is 386 g/mol. The van der Waals surface area contributed by atoms with Gasteiger partial charge in [-0.3, -0.25) is 9.59 Å². The van der Waals surface area contributed by atoms with Crippen LogP contribution in [0.15, 0.2) is 23.1 Å². The van der Waals surface area contributed by atoms with Crippen molar-refractivity contribution in [1.82, 2.24) is 10.0 Å². The van der Waals surface area contributed by atoms with Crippen LogP contribution in [-0.2, 0) is 14.8 Å². The van der Waals surface area contributed by atoms with Gasteiger partial charge in [0.25, 0.3) is 0 Å². The van der Waals surface area contributed by atoms with Gasteiger partial charge in [-0.15, -0.1) is 0 Å². The van der Waals surface area contributed by atoms with Crippen molar-refractivity contribution in [2.75, 3.05) is 7.05 Å². The van der Waals surface area contributed by atoms with Crippen LogP contribution in [0, 0.1) is 0 Å². The zero-order valence-corrected chi connectivity index (χ0v) is 15.8. The number of benzene rings is 1. The molecular weight excluding hydrogens is 364 g/mol. The fourth-order valence-electron chi connectivity index (χ4n) is 2.88. The molecule has 0 spiro atoms. The molecular formula is C17H23ClN2O4S. The van der Waals surface area contributed by atoms with Gasteiger partial charge in [0.2, 0.25) is 15.9 Å². The maximum absolute atomic E-state index is 12.6. The average molecular weight is 387 g/mol. The Balaban J connectivity index is 2.16. The largest absolute Gasteiger partial charge is 0.359 e. The minimum absolute atomic E-state index is 0.0108. The van der Waals surface area contributed by atoms with Gasteiger partial charge < -0.3 is 5.32 Å². The van der Waals surface area contributed by atoms with Crippen molar-refractivity contribution in [3.05, 3.63) is 28.8 Å². The number of nitrogens with one attached hydrogen (secondary N) is 2. The molecule has 1 amide bonds. The molecule has 0 aromatic heterocycles. The first kappa shape index (κ1) is 19.9. The van der Waals surface area contributed by atoms with Crippen LogP contribution in [0.1, 0.15) is 55.3 Å². The topological polar surface area (TPSA) is 92.3 Å². The molecule has 1 aromatic rings. The molecule has 6 nitrogen and oxygen atoms in total. The van der Waals surface area contributed by atoms with Gasteiger partial charge >= 0.3 is 0 Å². The lowest BCUT2D eigenvalue weighted by molar-refractivity contribution is -0.120. The first-order chi connectivity index (χ1) is 11.8. The van der Waals surface area contributed by atoms with Gasteiger partial charge in [-0.1, -0.05) is 30.9 Å². The van der Waals surface area contributed by atoms with E-state index in [1.165, 1.54) is 25.2 Å². The summed E-state index contributed by atoms with van der Waals surface area (Å²) in [7, 11) is -2.30. The standard InChI is InChI=1S/C17H23ClN2O4S/c1-19-17(22)10-9-15(21)12-7-8-14(18)16(11-12)25(23,24)20-13-5-3-2-4-6-13/h7-8,11,13,20H,2-6,9-10H2,1H3,(H,19,22). The molecule has 1 aromatic carbocycles. The van der Waals surface area contributed by atoms with E-state index in [2.05, 4.69) is 10.0 Å². The van der Waals surface area contributed by atoms with Crippen LogP contribution in [0.4, 0.5) is 0 Å². The zero-order valence-electron chi connectivity index (χ0n) is 14.2. The molecule has 0 aliphatic heterocycles. The molecule has 0 unspecified atom stereocenters. The predicted molar refractivity (Wildman–Crippen MR) is 96.3 cm³/mol. The fourth-order valence-corrected chi connectivity index (χ4v) is 4.71. The van der Waals surface area contributed by atoms with E-state index < -0.39 is 10.0 Å². The van der Waals surface area contributed by atoms with Crippen LogP contribution in [0.2, 0.25) is 5.02 Å². The number of hydrogen-bond donors (Lipinski definition) is 2. The minimum atomic E-state index is -3.80. The molecule has 0 saturated heterocycles. The fraction of sp³-hybridized carbons (Fsp3) is 0.529. The molecule has 0 radical (unpaired) electrons. The quantitative estimate of drug-likeness (QED) is 0.704. The summed E-state index contributed by atoms with van der Waals surface area (Å²) in [6, 6.07) is 4.08. The Bertz CT molecular complexity index is 743. The number of rotatable bonds is 7. The van der Waals surface area contributed by atoms with E-state index >= 15 is 0 Å². The van der Waals surface area contributed by atoms with Crippen molar-refractivity contribution in [2.24, 2.45) is 0 Å². The van der Waals surface area contributed by atoms with Crippen molar-refractivity contribution < 1.29 is 18.0 Å². The summed E-state index contributed by atoms with van der Waals surface area (Å²) in [6.45, 7) is 0. The molecule has 8 heteroatoms. The zero-order chi connectivity index (χ0) is 18.4. The molecule has 1 aliphatic rings. The number of Topliss-reactive ketones (excluding diaryl/α,β-unsaturated/α-hetero) is 1. The molecule has 2 N–H and O–H groups in total. The van der Waals surface area contributed by atoms with E-state index in [0.717, 1.165) is 32.1 Å². The van der Waals surface area contributed by atoms with Gasteiger partial charge in [-0.05, 0) is 31.0 Å². The van der Waals surface area contributed by atoms with Crippen molar-refractivity contribution in [3.8, 4) is 0 Å². The number of carbonyl (C=O) groups is 2. The first-order valence-electron chi connectivity index (χ1n) is 8.39. The summed E-state index contributed by atoms with van der Waals surface area (Å²) in [4.78, 5) is 23.4. The molecule has 25 heavy (non-hydrogen) atoms. The summed E-state index contributed by atoms with van der Waals surface area (Å²) in [5, 5.41) is 2.52. The number of hydrogen-bond acceptors (Lipinski definition) is 4. The molecule has 0 atom stereocenters. The SMILES string of the molecule is CNC(=O)CCC(=O)c1ccc(Cl)c(S(=O)(=O)NC2CCCCC2)c1. The Kier molecular flexibility index (Phi) is 6.98. The number of halogens is 1. The lowest BCUT2D eigenvalue weighted by Gasteiger charge is -2.23. The van der Waals surface area contributed by atoms with Crippen molar-refractivity contribution >= 4 is 33.3 Å². The summed E-state index contributed by atoms with van der Waals surface area (Å²) in [5.74, 6) is -0.538. The maximum Gasteiger partial charge on any atom is 0.242 e. The van der Waals surface area contributed by atoms with Crippen LogP contribution in [0.25, 0.3) is 0 Å². The van der Waals surface area contributed by atoms with E-state index in [1.807, 2.05) is 0 Å². The molecule has 1 aliphatic carbocycles. The smallest absolute Gasteiger partial charge is 0.242 e. The summed E-state index contributed by atoms with van der Waals surface area (Å²) in [5.41, 5.74) is 0.234. The van der Waals surface area contributed by atoms with Gasteiger partial charge in [-0.25, -0.2) is 13.1 Å². The summed E-state index contributed by atoms with van der Waals surface area (Å²) >= 11 is 6.06. The van der Waals surface area contributed by atoms with Crippen LogP contribution < -0.4 is 10.0 Å².